The maximum Gasteiger partial charge on any atom is 0.259 e. The van der Waals surface area contributed by atoms with Crippen molar-refractivity contribution < 1.29 is 9.32 Å². The van der Waals surface area contributed by atoms with Crippen LogP contribution in [0, 0.1) is 13.8 Å². The van der Waals surface area contributed by atoms with Crippen molar-refractivity contribution in [3.63, 3.8) is 0 Å². The second-order valence-corrected chi connectivity index (χ2v) is 5.99. The molecule has 116 valence electrons. The number of hydrogen-bond donors (Lipinski definition) is 1. The van der Waals surface area contributed by atoms with Gasteiger partial charge < -0.3 is 9.84 Å². The van der Waals surface area contributed by atoms with Crippen molar-refractivity contribution in [2.24, 2.45) is 0 Å². The van der Waals surface area contributed by atoms with Crippen LogP contribution in [0.1, 0.15) is 46.1 Å². The molecule has 1 aliphatic carbocycles. The number of nitrogens with zero attached hydrogens (tertiary/aromatic N) is 3. The third kappa shape index (κ3) is 2.56. The minimum Gasteiger partial charge on any atom is -0.336 e. The lowest BCUT2D eigenvalue weighted by atomic mass is 10.1. The van der Waals surface area contributed by atoms with E-state index >= 15 is 0 Å². The number of rotatable bonds is 3. The highest BCUT2D eigenvalue weighted by molar-refractivity contribution is 6.12. The second-order valence-electron chi connectivity index (χ2n) is 5.99. The molecular weight excluding hydrogens is 292 g/mol. The van der Waals surface area contributed by atoms with Gasteiger partial charge in [-0.15, -0.1) is 0 Å². The van der Waals surface area contributed by atoms with Crippen LogP contribution in [0.2, 0.25) is 0 Å². The minimum absolute atomic E-state index is 0.220. The molecule has 1 fully saturated rings. The van der Waals surface area contributed by atoms with E-state index < -0.39 is 0 Å². The predicted molar refractivity (Wildman–Crippen MR) is 85.4 cm³/mol. The van der Waals surface area contributed by atoms with Gasteiger partial charge in [-0.25, -0.2) is 9.97 Å². The molecule has 3 aromatic rings. The Balaban J connectivity index is 1.75. The van der Waals surface area contributed by atoms with Gasteiger partial charge in [-0.1, -0.05) is 11.2 Å². The Kier molecular flexibility index (Phi) is 3.11. The molecular formula is C17H16N4O2. The van der Waals surface area contributed by atoms with Crippen molar-refractivity contribution in [1.82, 2.24) is 15.1 Å². The van der Waals surface area contributed by atoms with Gasteiger partial charge in [0.1, 0.15) is 5.82 Å². The number of fused-ring (bicyclic) bond motifs is 1. The highest BCUT2D eigenvalue weighted by atomic mass is 16.5. The van der Waals surface area contributed by atoms with Crippen molar-refractivity contribution >= 4 is 22.8 Å². The molecule has 6 heteroatoms. The van der Waals surface area contributed by atoms with Crippen molar-refractivity contribution in [3.8, 4) is 0 Å². The smallest absolute Gasteiger partial charge is 0.259 e. The average Bonchev–Trinajstić information content (AvgIpc) is 3.33. The molecule has 23 heavy (non-hydrogen) atoms. The van der Waals surface area contributed by atoms with E-state index in [4.69, 9.17) is 4.52 Å². The fourth-order valence-electron chi connectivity index (χ4n) is 2.61. The highest BCUT2D eigenvalue weighted by Crippen LogP contribution is 2.40. The van der Waals surface area contributed by atoms with Crippen LogP contribution in [-0.2, 0) is 0 Å². The van der Waals surface area contributed by atoms with Crippen molar-refractivity contribution in [2.75, 3.05) is 5.32 Å². The molecule has 3 heterocycles. The molecule has 6 nitrogen and oxygen atoms in total. The van der Waals surface area contributed by atoms with Crippen LogP contribution in [0.4, 0.5) is 5.82 Å². The first-order valence-corrected chi connectivity index (χ1v) is 7.63. The molecule has 0 aromatic carbocycles. The highest BCUT2D eigenvalue weighted by Gasteiger charge is 2.28. The number of aryl methyl sites for hydroxylation is 2. The number of carbonyl (C=O) groups excluding carboxylic acids is 1. The zero-order valence-corrected chi connectivity index (χ0v) is 13.0. The number of nitrogens with one attached hydrogen (secondary N) is 1. The second kappa shape index (κ2) is 5.15. The molecule has 1 aliphatic rings. The molecule has 1 N–H and O–H groups in total. The van der Waals surface area contributed by atoms with Crippen LogP contribution >= 0.6 is 0 Å². The Morgan fingerprint density at radius 3 is 2.83 bits per heavy atom. The number of hydrogen-bond acceptors (Lipinski definition) is 5. The van der Waals surface area contributed by atoms with Gasteiger partial charge in [0.05, 0.1) is 16.6 Å². The Morgan fingerprint density at radius 2 is 2.13 bits per heavy atom. The van der Waals surface area contributed by atoms with Gasteiger partial charge >= 0.3 is 0 Å². The molecule has 0 unspecified atom stereocenters. The molecule has 0 aliphatic heterocycles. The third-order valence-corrected chi connectivity index (χ3v) is 4.03. The standard InChI is InChI=1S/C17H16N4O2/c1-9-3-6-14(18-8-9)20-16(22)12-7-13(11-4-5-11)19-17-15(12)10(2)21-23-17/h3,6-8,11H,4-5H2,1-2H3,(H,18,20,22). The Bertz CT molecular complexity index is 895. The Hall–Kier alpha value is -2.76. The number of amides is 1. The van der Waals surface area contributed by atoms with E-state index in [1.54, 1.807) is 12.3 Å². The first kappa shape index (κ1) is 13.9. The van der Waals surface area contributed by atoms with Crippen LogP contribution in [0.3, 0.4) is 0 Å². The van der Waals surface area contributed by atoms with Crippen LogP contribution in [0.15, 0.2) is 28.9 Å². The van der Waals surface area contributed by atoms with E-state index in [0.717, 1.165) is 24.1 Å². The third-order valence-electron chi connectivity index (χ3n) is 4.03. The summed E-state index contributed by atoms with van der Waals surface area (Å²) in [6, 6.07) is 5.55. The lowest BCUT2D eigenvalue weighted by Gasteiger charge is -2.07. The zero-order valence-electron chi connectivity index (χ0n) is 13.0. The van der Waals surface area contributed by atoms with Gasteiger partial charge in [0.2, 0.25) is 0 Å². The van der Waals surface area contributed by atoms with Crippen LogP contribution in [-0.4, -0.2) is 21.0 Å². The van der Waals surface area contributed by atoms with Crippen molar-refractivity contribution in [2.45, 2.75) is 32.6 Å². The van der Waals surface area contributed by atoms with E-state index in [1.165, 1.54) is 0 Å². The summed E-state index contributed by atoms with van der Waals surface area (Å²) in [7, 11) is 0. The summed E-state index contributed by atoms with van der Waals surface area (Å²) < 4.78 is 5.27. The average molecular weight is 308 g/mol. The fourth-order valence-corrected chi connectivity index (χ4v) is 2.61. The van der Waals surface area contributed by atoms with Crippen molar-refractivity contribution in [1.29, 1.82) is 0 Å². The fraction of sp³-hybridized carbons (Fsp3) is 0.294. The number of anilines is 1. The predicted octanol–water partition coefficient (Wildman–Crippen LogP) is 3.36. The Labute approximate surface area is 132 Å². The number of aromatic nitrogens is 3. The van der Waals surface area contributed by atoms with Crippen molar-refractivity contribution in [3.05, 3.63) is 46.9 Å². The van der Waals surface area contributed by atoms with Gasteiger partial charge in [-0.3, -0.25) is 4.79 Å². The first-order valence-electron chi connectivity index (χ1n) is 7.63. The first-order chi connectivity index (χ1) is 11.1. The summed E-state index contributed by atoms with van der Waals surface area (Å²) in [6.45, 7) is 3.76. The molecule has 0 bridgehead atoms. The molecule has 0 atom stereocenters. The normalized spacial score (nSPS) is 14.2. The molecule has 4 rings (SSSR count). The summed E-state index contributed by atoms with van der Waals surface area (Å²) in [4.78, 5) is 21.4. The minimum atomic E-state index is -0.220. The maximum absolute atomic E-state index is 12.7. The molecule has 0 spiro atoms. The summed E-state index contributed by atoms with van der Waals surface area (Å²) in [5.41, 5.74) is 3.57. The van der Waals surface area contributed by atoms with Crippen LogP contribution in [0.25, 0.3) is 11.1 Å². The summed E-state index contributed by atoms with van der Waals surface area (Å²) in [6.07, 6.45) is 3.93. The number of pyridine rings is 2. The topological polar surface area (TPSA) is 80.9 Å². The van der Waals surface area contributed by atoms with Crippen LogP contribution in [0.5, 0.6) is 0 Å². The summed E-state index contributed by atoms with van der Waals surface area (Å²) >= 11 is 0. The van der Waals surface area contributed by atoms with E-state index in [0.29, 0.717) is 34.1 Å². The van der Waals surface area contributed by atoms with Gasteiger partial charge in [-0.2, -0.15) is 0 Å². The van der Waals surface area contributed by atoms with E-state index in [2.05, 4.69) is 20.4 Å². The van der Waals surface area contributed by atoms with Crippen LogP contribution < -0.4 is 5.32 Å². The maximum atomic E-state index is 12.7. The van der Waals surface area contributed by atoms with E-state index in [-0.39, 0.29) is 5.91 Å². The molecule has 0 saturated heterocycles. The van der Waals surface area contributed by atoms with Gasteiger partial charge in [-0.05, 0) is 44.4 Å². The lowest BCUT2D eigenvalue weighted by molar-refractivity contribution is 0.102. The van der Waals surface area contributed by atoms with Gasteiger partial charge in [0.25, 0.3) is 11.6 Å². The summed E-state index contributed by atoms with van der Waals surface area (Å²) in [5, 5.41) is 7.44. The lowest BCUT2D eigenvalue weighted by Crippen LogP contribution is -2.14. The largest absolute Gasteiger partial charge is 0.336 e. The molecule has 3 aromatic heterocycles. The zero-order chi connectivity index (χ0) is 16.0. The quantitative estimate of drug-likeness (QED) is 0.802. The van der Waals surface area contributed by atoms with E-state index in [1.807, 2.05) is 26.0 Å². The SMILES string of the molecule is Cc1ccc(NC(=O)c2cc(C3CC3)nc3onc(C)c23)nc1. The monoisotopic (exact) mass is 308 g/mol. The Morgan fingerprint density at radius 1 is 1.30 bits per heavy atom. The van der Waals surface area contributed by atoms with Gasteiger partial charge in [0.15, 0.2) is 0 Å². The molecule has 1 saturated carbocycles. The molecule has 1 amide bonds. The van der Waals surface area contributed by atoms with E-state index in [9.17, 15) is 4.79 Å². The van der Waals surface area contributed by atoms with Gasteiger partial charge in [0, 0.05) is 17.8 Å². The number of carbonyl (C=O) groups is 1. The molecule has 0 radical (unpaired) electrons. The summed E-state index contributed by atoms with van der Waals surface area (Å²) in [5.74, 6) is 0.725.